The van der Waals surface area contributed by atoms with Gasteiger partial charge in [-0.2, -0.15) is 5.10 Å². The van der Waals surface area contributed by atoms with Crippen LogP contribution in [0.3, 0.4) is 0 Å². The van der Waals surface area contributed by atoms with Crippen LogP contribution in [0.2, 0.25) is 0 Å². The molecule has 0 aliphatic heterocycles. The smallest absolute Gasteiger partial charge is 0.123 e. The molecule has 1 heterocycles. The molecule has 1 aromatic heterocycles. The molecular formula is C15H19FN2O. The summed E-state index contributed by atoms with van der Waals surface area (Å²) in [4.78, 5) is 0. The molecule has 0 amide bonds. The predicted octanol–water partition coefficient (Wildman–Crippen LogP) is 2.40. The maximum absolute atomic E-state index is 12.8. The number of aliphatic hydroxyl groups is 1. The summed E-state index contributed by atoms with van der Waals surface area (Å²) in [5.74, 6) is -0.259. The van der Waals surface area contributed by atoms with Gasteiger partial charge in [-0.1, -0.05) is 12.1 Å². The molecule has 0 aliphatic rings. The average Bonchev–Trinajstić information content (AvgIpc) is 2.59. The first-order valence-corrected chi connectivity index (χ1v) is 6.32. The van der Waals surface area contributed by atoms with E-state index in [4.69, 9.17) is 0 Å². The number of aryl methyl sites for hydroxylation is 2. The molecule has 3 nitrogen and oxygen atoms in total. The second-order valence-electron chi connectivity index (χ2n) is 5.38. The molecule has 0 spiro atoms. The van der Waals surface area contributed by atoms with E-state index in [0.29, 0.717) is 12.8 Å². The van der Waals surface area contributed by atoms with Gasteiger partial charge in [0.25, 0.3) is 0 Å². The van der Waals surface area contributed by atoms with Crippen molar-refractivity contribution in [2.75, 3.05) is 0 Å². The van der Waals surface area contributed by atoms with Gasteiger partial charge in [0.1, 0.15) is 5.82 Å². The van der Waals surface area contributed by atoms with Crippen LogP contribution in [-0.4, -0.2) is 20.5 Å². The molecule has 1 aromatic carbocycles. The Labute approximate surface area is 112 Å². The molecule has 19 heavy (non-hydrogen) atoms. The topological polar surface area (TPSA) is 38.0 Å². The first-order chi connectivity index (χ1) is 8.85. The maximum Gasteiger partial charge on any atom is 0.123 e. The quantitative estimate of drug-likeness (QED) is 0.918. The van der Waals surface area contributed by atoms with E-state index < -0.39 is 5.60 Å². The van der Waals surface area contributed by atoms with Gasteiger partial charge in [-0.15, -0.1) is 0 Å². The molecule has 2 rings (SSSR count). The van der Waals surface area contributed by atoms with Crippen LogP contribution < -0.4 is 0 Å². The van der Waals surface area contributed by atoms with Crippen molar-refractivity contribution in [2.24, 2.45) is 7.05 Å². The largest absolute Gasteiger partial charge is 0.389 e. The zero-order valence-electron chi connectivity index (χ0n) is 11.5. The average molecular weight is 262 g/mol. The lowest BCUT2D eigenvalue weighted by Crippen LogP contribution is -2.31. The van der Waals surface area contributed by atoms with E-state index in [-0.39, 0.29) is 5.82 Å². The molecule has 102 valence electrons. The van der Waals surface area contributed by atoms with Crippen molar-refractivity contribution in [3.63, 3.8) is 0 Å². The van der Waals surface area contributed by atoms with E-state index in [1.807, 2.05) is 20.0 Å². The van der Waals surface area contributed by atoms with Crippen LogP contribution in [0.4, 0.5) is 4.39 Å². The number of hydrogen-bond donors (Lipinski definition) is 1. The zero-order chi connectivity index (χ0) is 14.0. The normalized spacial score (nSPS) is 14.4. The Morgan fingerprint density at radius 3 is 2.42 bits per heavy atom. The molecule has 1 N–H and O–H groups in total. The van der Waals surface area contributed by atoms with Crippen molar-refractivity contribution < 1.29 is 9.50 Å². The van der Waals surface area contributed by atoms with E-state index >= 15 is 0 Å². The molecule has 0 radical (unpaired) electrons. The zero-order valence-corrected chi connectivity index (χ0v) is 11.5. The minimum absolute atomic E-state index is 0.259. The monoisotopic (exact) mass is 262 g/mol. The lowest BCUT2D eigenvalue weighted by Gasteiger charge is -2.23. The van der Waals surface area contributed by atoms with Crippen molar-refractivity contribution in [3.05, 3.63) is 53.1 Å². The Morgan fingerprint density at radius 2 is 1.89 bits per heavy atom. The van der Waals surface area contributed by atoms with E-state index in [1.54, 1.807) is 23.7 Å². The summed E-state index contributed by atoms with van der Waals surface area (Å²) in [6.07, 6.45) is 0.999. The Morgan fingerprint density at radius 1 is 1.26 bits per heavy atom. The van der Waals surface area contributed by atoms with E-state index in [2.05, 4.69) is 5.10 Å². The minimum atomic E-state index is -0.877. The van der Waals surface area contributed by atoms with Crippen LogP contribution in [0.15, 0.2) is 30.3 Å². The van der Waals surface area contributed by atoms with Crippen molar-refractivity contribution in [1.29, 1.82) is 0 Å². The highest BCUT2D eigenvalue weighted by atomic mass is 19.1. The molecule has 0 saturated heterocycles. The Bertz CT molecular complexity index is 558. The highest BCUT2D eigenvalue weighted by molar-refractivity contribution is 5.19. The van der Waals surface area contributed by atoms with Gasteiger partial charge in [-0.05, 0) is 37.6 Å². The molecule has 2 aromatic rings. The lowest BCUT2D eigenvalue weighted by molar-refractivity contribution is 0.0588. The Balaban J connectivity index is 2.10. The third-order valence-electron chi connectivity index (χ3n) is 3.16. The fraction of sp³-hybridized carbons (Fsp3) is 0.400. The predicted molar refractivity (Wildman–Crippen MR) is 72.4 cm³/mol. The van der Waals surface area contributed by atoms with Gasteiger partial charge >= 0.3 is 0 Å². The number of halogens is 1. The molecular weight excluding hydrogens is 243 g/mol. The number of benzene rings is 1. The SMILES string of the molecule is Cc1cc(CC(C)(O)Cc2ccc(F)cc2)n(C)n1. The molecule has 0 bridgehead atoms. The Hall–Kier alpha value is -1.68. The second-order valence-corrected chi connectivity index (χ2v) is 5.38. The van der Waals surface area contributed by atoms with E-state index in [9.17, 15) is 9.50 Å². The molecule has 4 heteroatoms. The summed E-state index contributed by atoms with van der Waals surface area (Å²) in [5, 5.41) is 14.8. The number of hydrogen-bond acceptors (Lipinski definition) is 2. The summed E-state index contributed by atoms with van der Waals surface area (Å²) in [6.45, 7) is 3.72. The summed E-state index contributed by atoms with van der Waals surface area (Å²) in [6, 6.07) is 8.22. The third kappa shape index (κ3) is 3.64. The van der Waals surface area contributed by atoms with Crippen molar-refractivity contribution in [2.45, 2.75) is 32.3 Å². The molecule has 0 fully saturated rings. The van der Waals surface area contributed by atoms with E-state index in [1.165, 1.54) is 12.1 Å². The van der Waals surface area contributed by atoms with Gasteiger partial charge in [0, 0.05) is 25.6 Å². The van der Waals surface area contributed by atoms with Crippen molar-refractivity contribution in [3.8, 4) is 0 Å². The highest BCUT2D eigenvalue weighted by Crippen LogP contribution is 2.19. The Kier molecular flexibility index (Phi) is 3.71. The van der Waals surface area contributed by atoms with Crippen LogP contribution in [0.1, 0.15) is 23.9 Å². The fourth-order valence-corrected chi connectivity index (χ4v) is 2.32. The van der Waals surface area contributed by atoms with Gasteiger partial charge in [-0.3, -0.25) is 4.68 Å². The molecule has 0 saturated carbocycles. The summed E-state index contributed by atoms with van der Waals surface area (Å²) >= 11 is 0. The van der Waals surface area contributed by atoms with E-state index in [0.717, 1.165) is 17.0 Å². The van der Waals surface area contributed by atoms with Crippen LogP contribution >= 0.6 is 0 Å². The van der Waals surface area contributed by atoms with Crippen LogP contribution in [-0.2, 0) is 19.9 Å². The van der Waals surface area contributed by atoms with Gasteiger partial charge in [0.15, 0.2) is 0 Å². The van der Waals surface area contributed by atoms with Gasteiger partial charge < -0.3 is 5.11 Å². The molecule has 0 aliphatic carbocycles. The number of rotatable bonds is 4. The second kappa shape index (κ2) is 5.13. The van der Waals surface area contributed by atoms with Crippen LogP contribution in [0, 0.1) is 12.7 Å². The number of aromatic nitrogens is 2. The lowest BCUT2D eigenvalue weighted by atomic mass is 9.92. The third-order valence-corrected chi connectivity index (χ3v) is 3.16. The minimum Gasteiger partial charge on any atom is -0.389 e. The van der Waals surface area contributed by atoms with Crippen molar-refractivity contribution in [1.82, 2.24) is 9.78 Å². The number of nitrogens with zero attached hydrogens (tertiary/aromatic N) is 2. The van der Waals surface area contributed by atoms with Gasteiger partial charge in [0.05, 0.1) is 11.3 Å². The maximum atomic E-state index is 12.8. The molecule has 1 atom stereocenters. The van der Waals surface area contributed by atoms with Crippen LogP contribution in [0.5, 0.6) is 0 Å². The standard InChI is InChI=1S/C15H19FN2O/c1-11-8-14(18(3)17-11)10-15(2,19)9-12-4-6-13(16)7-5-12/h4-8,19H,9-10H2,1-3H3. The highest BCUT2D eigenvalue weighted by Gasteiger charge is 2.23. The first-order valence-electron chi connectivity index (χ1n) is 6.32. The van der Waals surface area contributed by atoms with Gasteiger partial charge in [-0.25, -0.2) is 4.39 Å². The van der Waals surface area contributed by atoms with Gasteiger partial charge in [0.2, 0.25) is 0 Å². The summed E-state index contributed by atoms with van der Waals surface area (Å²) in [7, 11) is 1.87. The molecule has 1 unspecified atom stereocenters. The fourth-order valence-electron chi connectivity index (χ4n) is 2.32. The van der Waals surface area contributed by atoms with Crippen molar-refractivity contribution >= 4 is 0 Å². The van der Waals surface area contributed by atoms with Crippen LogP contribution in [0.25, 0.3) is 0 Å². The first kappa shape index (κ1) is 13.7. The summed E-state index contributed by atoms with van der Waals surface area (Å²) < 4.78 is 14.6. The summed E-state index contributed by atoms with van der Waals surface area (Å²) in [5.41, 5.74) is 1.97.